The van der Waals surface area contributed by atoms with Gasteiger partial charge in [0.05, 0.1) is 36.1 Å². The number of rotatable bonds is 6. The van der Waals surface area contributed by atoms with Gasteiger partial charge in [-0.15, -0.1) is 0 Å². The summed E-state index contributed by atoms with van der Waals surface area (Å²) in [6.07, 6.45) is 12.3. The van der Waals surface area contributed by atoms with Crippen molar-refractivity contribution in [2.45, 2.75) is 38.5 Å². The van der Waals surface area contributed by atoms with Crippen molar-refractivity contribution in [2.24, 2.45) is 0 Å². The number of fused-ring (bicyclic) bond motifs is 3. The van der Waals surface area contributed by atoms with E-state index in [1.54, 1.807) is 0 Å². The summed E-state index contributed by atoms with van der Waals surface area (Å²) in [5, 5.41) is 19.4. The molecule has 4 heterocycles. The molecular formula is C25H30N6O. The monoisotopic (exact) mass is 430 g/mol. The van der Waals surface area contributed by atoms with Crippen molar-refractivity contribution in [3.63, 3.8) is 0 Å². The van der Waals surface area contributed by atoms with Crippen molar-refractivity contribution in [3.8, 4) is 6.07 Å². The van der Waals surface area contributed by atoms with Crippen molar-refractivity contribution in [1.82, 2.24) is 25.8 Å². The molecule has 7 heteroatoms. The van der Waals surface area contributed by atoms with Gasteiger partial charge in [0.2, 0.25) is 0 Å². The van der Waals surface area contributed by atoms with Crippen LogP contribution in [0.1, 0.15) is 36.1 Å². The molecule has 3 atom stereocenters. The number of likely N-dealkylation sites (N-methyl/N-ethyl adjacent to an activating group) is 1. The molecule has 0 aliphatic carbocycles. The number of hydrazine groups is 2. The van der Waals surface area contributed by atoms with E-state index in [0.717, 1.165) is 48.5 Å². The maximum Gasteiger partial charge on any atom is 0.0994 e. The molecule has 1 aromatic rings. The SMILES string of the molecule is CNCC1=C2C=CN(N3C[C@H]4C[C@@H]3CO4)C=C2N(N[C@H](C)c2cccc(C#N)c2C)C=C1. The Balaban J connectivity index is 1.43. The molecule has 166 valence electrons. The fourth-order valence-corrected chi connectivity index (χ4v) is 5.07. The second-order valence-electron chi connectivity index (χ2n) is 8.81. The first-order valence-corrected chi connectivity index (χ1v) is 11.3. The predicted octanol–water partition coefficient (Wildman–Crippen LogP) is 2.84. The minimum Gasteiger partial charge on any atom is -0.375 e. The van der Waals surface area contributed by atoms with Gasteiger partial charge in [-0.3, -0.25) is 10.0 Å². The molecular weight excluding hydrogens is 400 g/mol. The molecule has 0 spiro atoms. The topological polar surface area (TPSA) is 66.8 Å². The number of allylic oxidation sites excluding steroid dienone is 1. The lowest BCUT2D eigenvalue weighted by atomic mass is 9.98. The van der Waals surface area contributed by atoms with E-state index in [0.29, 0.717) is 12.1 Å². The summed E-state index contributed by atoms with van der Waals surface area (Å²) in [6, 6.07) is 8.70. The van der Waals surface area contributed by atoms with E-state index >= 15 is 0 Å². The Morgan fingerprint density at radius 3 is 2.88 bits per heavy atom. The Hall–Kier alpha value is -2.89. The number of nitrogens with zero attached hydrogens (tertiary/aromatic N) is 4. The van der Waals surface area contributed by atoms with Gasteiger partial charge in [-0.2, -0.15) is 5.26 Å². The van der Waals surface area contributed by atoms with E-state index < -0.39 is 0 Å². The lowest BCUT2D eigenvalue weighted by molar-refractivity contribution is -0.0445. The number of benzene rings is 1. The van der Waals surface area contributed by atoms with Crippen LogP contribution in [0.25, 0.3) is 0 Å². The largest absolute Gasteiger partial charge is 0.375 e. The van der Waals surface area contributed by atoms with Crippen LogP contribution in [-0.4, -0.2) is 53.9 Å². The molecule has 0 saturated carbocycles. The van der Waals surface area contributed by atoms with E-state index in [9.17, 15) is 5.26 Å². The Bertz CT molecular complexity index is 1060. The summed E-state index contributed by atoms with van der Waals surface area (Å²) in [5.41, 5.74) is 10.1. The van der Waals surface area contributed by atoms with Crippen molar-refractivity contribution in [1.29, 1.82) is 5.26 Å². The first-order chi connectivity index (χ1) is 15.6. The van der Waals surface area contributed by atoms with Gasteiger partial charge in [0.1, 0.15) is 0 Å². The minimum atomic E-state index is 0.0384. The van der Waals surface area contributed by atoms with Gasteiger partial charge in [-0.25, -0.2) is 10.4 Å². The Kier molecular flexibility index (Phi) is 5.62. The number of nitriles is 1. The van der Waals surface area contributed by atoms with Crippen LogP contribution in [0.2, 0.25) is 0 Å². The normalized spacial score (nSPS) is 25.2. The molecule has 0 unspecified atom stereocenters. The van der Waals surface area contributed by atoms with Crippen LogP contribution in [0.4, 0.5) is 0 Å². The van der Waals surface area contributed by atoms with Crippen LogP contribution in [0.5, 0.6) is 0 Å². The van der Waals surface area contributed by atoms with Crippen LogP contribution in [0.3, 0.4) is 0 Å². The lowest BCUT2D eigenvalue weighted by Crippen LogP contribution is -2.47. The van der Waals surface area contributed by atoms with Crippen molar-refractivity contribution in [3.05, 3.63) is 82.5 Å². The van der Waals surface area contributed by atoms with Crippen LogP contribution >= 0.6 is 0 Å². The second kappa shape index (κ2) is 8.57. The Morgan fingerprint density at radius 2 is 2.16 bits per heavy atom. The number of ether oxygens (including phenoxy) is 1. The first-order valence-electron chi connectivity index (χ1n) is 11.3. The third-order valence-corrected chi connectivity index (χ3v) is 6.79. The Labute approximate surface area is 189 Å². The molecule has 4 aliphatic rings. The summed E-state index contributed by atoms with van der Waals surface area (Å²) in [6.45, 7) is 6.70. The molecule has 2 N–H and O–H groups in total. The molecule has 5 rings (SSSR count). The van der Waals surface area contributed by atoms with Crippen molar-refractivity contribution >= 4 is 0 Å². The zero-order valence-electron chi connectivity index (χ0n) is 18.9. The number of hydrogen-bond acceptors (Lipinski definition) is 7. The van der Waals surface area contributed by atoms with E-state index in [4.69, 9.17) is 4.74 Å². The summed E-state index contributed by atoms with van der Waals surface area (Å²) in [5.74, 6) is 0. The number of morpholine rings is 1. The maximum absolute atomic E-state index is 9.42. The fourth-order valence-electron chi connectivity index (χ4n) is 5.07. The van der Waals surface area contributed by atoms with Crippen LogP contribution in [0.15, 0.2) is 65.8 Å². The highest BCUT2D eigenvalue weighted by molar-refractivity contribution is 5.52. The quantitative estimate of drug-likeness (QED) is 0.719. The molecule has 1 aromatic carbocycles. The summed E-state index contributed by atoms with van der Waals surface area (Å²) < 4.78 is 5.79. The van der Waals surface area contributed by atoms with E-state index in [1.165, 1.54) is 11.1 Å². The van der Waals surface area contributed by atoms with Gasteiger partial charge < -0.3 is 10.1 Å². The second-order valence-corrected chi connectivity index (χ2v) is 8.81. The molecule has 4 aliphatic heterocycles. The Morgan fingerprint density at radius 1 is 1.28 bits per heavy atom. The number of nitrogens with one attached hydrogen (secondary N) is 2. The average molecular weight is 431 g/mol. The molecule has 7 nitrogen and oxygen atoms in total. The molecule has 0 aromatic heterocycles. The van der Waals surface area contributed by atoms with E-state index in [1.807, 2.05) is 26.1 Å². The van der Waals surface area contributed by atoms with Gasteiger partial charge in [0.15, 0.2) is 0 Å². The minimum absolute atomic E-state index is 0.0384. The highest BCUT2D eigenvalue weighted by atomic mass is 16.5. The van der Waals surface area contributed by atoms with E-state index in [2.05, 4.69) is 75.6 Å². The van der Waals surface area contributed by atoms with Gasteiger partial charge in [-0.1, -0.05) is 12.1 Å². The highest BCUT2D eigenvalue weighted by Crippen LogP contribution is 2.35. The van der Waals surface area contributed by atoms with Crippen molar-refractivity contribution < 1.29 is 4.74 Å². The van der Waals surface area contributed by atoms with Gasteiger partial charge in [0.25, 0.3) is 0 Å². The molecule has 0 amide bonds. The predicted molar refractivity (Wildman–Crippen MR) is 123 cm³/mol. The van der Waals surface area contributed by atoms with Gasteiger partial charge in [-0.05, 0) is 62.2 Å². The van der Waals surface area contributed by atoms with Crippen LogP contribution in [-0.2, 0) is 4.74 Å². The van der Waals surface area contributed by atoms with Crippen LogP contribution < -0.4 is 10.7 Å². The summed E-state index contributed by atoms with van der Waals surface area (Å²) >= 11 is 0. The van der Waals surface area contributed by atoms with E-state index in [-0.39, 0.29) is 6.04 Å². The highest BCUT2D eigenvalue weighted by Gasteiger charge is 2.41. The standard InChI is InChI=1S/C25H30N6O/c1-17-19(12-26)5-4-6-23(17)18(2)28-30-10-7-20(13-27-3)24-8-9-29(15-25(24)30)31-14-22-11-21(31)16-32-22/h4-10,15,18,21-22,27-28H,11,13-14,16H2,1-3H3/t18-,21-,22-/m1/s1. The average Bonchev–Trinajstić information content (AvgIpc) is 3.44. The summed E-state index contributed by atoms with van der Waals surface area (Å²) in [4.78, 5) is 0. The van der Waals surface area contributed by atoms with Gasteiger partial charge >= 0.3 is 0 Å². The fraction of sp³-hybridized carbons (Fsp3) is 0.400. The zero-order chi connectivity index (χ0) is 22.2. The molecule has 2 bridgehead atoms. The first kappa shape index (κ1) is 21.0. The smallest absolute Gasteiger partial charge is 0.0994 e. The molecule has 0 radical (unpaired) electrons. The zero-order valence-corrected chi connectivity index (χ0v) is 18.9. The van der Waals surface area contributed by atoms with Gasteiger partial charge in [0, 0.05) is 43.3 Å². The number of hydrogen-bond donors (Lipinski definition) is 2. The summed E-state index contributed by atoms with van der Waals surface area (Å²) in [7, 11) is 1.97. The third kappa shape index (κ3) is 3.65. The van der Waals surface area contributed by atoms with Crippen molar-refractivity contribution in [2.75, 3.05) is 26.7 Å². The maximum atomic E-state index is 9.42. The van der Waals surface area contributed by atoms with Crippen LogP contribution in [0, 0.1) is 18.3 Å². The molecule has 32 heavy (non-hydrogen) atoms. The molecule has 2 saturated heterocycles. The lowest BCUT2D eigenvalue weighted by Gasteiger charge is -2.40. The molecule has 2 fully saturated rings. The third-order valence-electron chi connectivity index (χ3n) is 6.79.